The molecule has 24 heavy (non-hydrogen) atoms. The van der Waals surface area contributed by atoms with Crippen molar-refractivity contribution in [3.8, 4) is 0 Å². The lowest BCUT2D eigenvalue weighted by Gasteiger charge is -2.42. The van der Waals surface area contributed by atoms with Gasteiger partial charge in [-0.1, -0.05) is 22.6 Å². The molecule has 0 radical (unpaired) electrons. The summed E-state index contributed by atoms with van der Waals surface area (Å²) in [5.41, 5.74) is 1.61. The first kappa shape index (κ1) is 16.6. The SMILES string of the molecule is CNC(=O)c1ccc(N2CCC(N3CCC4CC4(I)C3)CC2)cn1. The van der Waals surface area contributed by atoms with Gasteiger partial charge in [0.1, 0.15) is 5.69 Å². The number of carbonyl (C=O) groups excluding carboxylic acids is 1. The van der Waals surface area contributed by atoms with Gasteiger partial charge in [-0.15, -0.1) is 0 Å². The number of pyridine rings is 1. The van der Waals surface area contributed by atoms with E-state index >= 15 is 0 Å². The van der Waals surface area contributed by atoms with E-state index in [4.69, 9.17) is 0 Å². The molecule has 6 heteroatoms. The monoisotopic (exact) mass is 440 g/mol. The number of aromatic nitrogens is 1. The third kappa shape index (κ3) is 3.14. The first-order valence-corrected chi connectivity index (χ1v) is 10.0. The summed E-state index contributed by atoms with van der Waals surface area (Å²) in [6, 6.07) is 4.58. The van der Waals surface area contributed by atoms with Crippen molar-refractivity contribution in [2.45, 2.75) is 35.1 Å². The standard InChI is InChI=1S/C18H25IN4O/c1-20-17(24)16-3-2-15(11-21-16)22-8-5-14(6-9-22)23-7-4-13-10-18(13,19)12-23/h2-3,11,13-14H,4-10,12H2,1H3,(H,20,24). The molecule has 1 aliphatic carbocycles. The largest absolute Gasteiger partial charge is 0.370 e. The van der Waals surface area contributed by atoms with Gasteiger partial charge in [0.15, 0.2) is 0 Å². The molecule has 3 aliphatic rings. The summed E-state index contributed by atoms with van der Waals surface area (Å²) in [6.07, 6.45) is 7.13. The van der Waals surface area contributed by atoms with Crippen molar-refractivity contribution in [3.63, 3.8) is 0 Å². The lowest BCUT2D eigenvalue weighted by Crippen LogP contribution is -2.49. The Morgan fingerprint density at radius 2 is 2.08 bits per heavy atom. The number of halogens is 1. The molecule has 3 heterocycles. The Balaban J connectivity index is 1.33. The maximum atomic E-state index is 11.6. The number of rotatable bonds is 3. The number of alkyl halides is 1. The number of nitrogens with zero attached hydrogens (tertiary/aromatic N) is 3. The van der Waals surface area contributed by atoms with Crippen LogP contribution in [0, 0.1) is 5.92 Å². The summed E-state index contributed by atoms with van der Waals surface area (Å²) in [6.45, 7) is 4.76. The molecule has 3 fully saturated rings. The Morgan fingerprint density at radius 3 is 2.71 bits per heavy atom. The second kappa shape index (κ2) is 6.44. The van der Waals surface area contributed by atoms with Crippen molar-refractivity contribution in [3.05, 3.63) is 24.0 Å². The number of likely N-dealkylation sites (tertiary alicyclic amines) is 1. The molecular formula is C18H25IN4O. The number of nitrogens with one attached hydrogen (secondary N) is 1. The molecule has 1 aromatic heterocycles. The Labute approximate surface area is 157 Å². The van der Waals surface area contributed by atoms with Crippen LogP contribution in [-0.4, -0.2) is 58.5 Å². The van der Waals surface area contributed by atoms with Gasteiger partial charge in [-0.05, 0) is 50.3 Å². The van der Waals surface area contributed by atoms with Crippen LogP contribution < -0.4 is 10.2 Å². The van der Waals surface area contributed by atoms with Gasteiger partial charge in [-0.25, -0.2) is 4.98 Å². The minimum atomic E-state index is -0.128. The van der Waals surface area contributed by atoms with E-state index in [0.717, 1.165) is 30.7 Å². The van der Waals surface area contributed by atoms with E-state index in [1.54, 1.807) is 7.05 Å². The Morgan fingerprint density at radius 1 is 1.29 bits per heavy atom. The van der Waals surface area contributed by atoms with Crippen LogP contribution in [0.5, 0.6) is 0 Å². The summed E-state index contributed by atoms with van der Waals surface area (Å²) in [4.78, 5) is 21.0. The van der Waals surface area contributed by atoms with Gasteiger partial charge < -0.3 is 10.2 Å². The Bertz CT molecular complexity index is 614. The number of amides is 1. The lowest BCUT2D eigenvalue weighted by molar-refractivity contribution is 0.0958. The molecule has 1 aromatic rings. The van der Waals surface area contributed by atoms with Crippen molar-refractivity contribution in [1.29, 1.82) is 0 Å². The van der Waals surface area contributed by atoms with Crippen LogP contribution in [0.3, 0.4) is 0 Å². The molecule has 2 aliphatic heterocycles. The van der Waals surface area contributed by atoms with E-state index in [1.165, 1.54) is 38.8 Å². The van der Waals surface area contributed by atoms with Gasteiger partial charge >= 0.3 is 0 Å². The molecule has 1 N–H and O–H groups in total. The van der Waals surface area contributed by atoms with E-state index in [0.29, 0.717) is 9.12 Å². The van der Waals surface area contributed by atoms with Crippen molar-refractivity contribution in [2.75, 3.05) is 38.1 Å². The third-order valence-corrected chi connectivity index (χ3v) is 7.60. The van der Waals surface area contributed by atoms with Crippen LogP contribution in [0.1, 0.15) is 36.2 Å². The Kier molecular flexibility index (Phi) is 4.45. The molecule has 0 aromatic carbocycles. The van der Waals surface area contributed by atoms with E-state index in [9.17, 15) is 4.79 Å². The highest BCUT2D eigenvalue weighted by Crippen LogP contribution is 2.56. The van der Waals surface area contributed by atoms with Crippen LogP contribution in [0.25, 0.3) is 0 Å². The summed E-state index contributed by atoms with van der Waals surface area (Å²) in [5, 5.41) is 2.61. The average Bonchev–Trinajstić information content (AvgIpc) is 3.32. The first-order valence-electron chi connectivity index (χ1n) is 8.95. The van der Waals surface area contributed by atoms with E-state index in [-0.39, 0.29) is 5.91 Å². The molecule has 0 bridgehead atoms. The highest BCUT2D eigenvalue weighted by Gasteiger charge is 2.55. The highest BCUT2D eigenvalue weighted by atomic mass is 127. The number of fused-ring (bicyclic) bond motifs is 1. The number of carbonyl (C=O) groups is 1. The molecule has 1 saturated carbocycles. The zero-order valence-corrected chi connectivity index (χ0v) is 16.3. The van der Waals surface area contributed by atoms with Gasteiger partial charge in [0.2, 0.25) is 0 Å². The zero-order chi connectivity index (χ0) is 16.7. The van der Waals surface area contributed by atoms with Crippen LogP contribution in [0.2, 0.25) is 0 Å². The fourth-order valence-corrected chi connectivity index (χ4v) is 5.56. The van der Waals surface area contributed by atoms with Gasteiger partial charge in [0.05, 0.1) is 11.9 Å². The van der Waals surface area contributed by atoms with Gasteiger partial charge in [0, 0.05) is 36.1 Å². The van der Waals surface area contributed by atoms with E-state index < -0.39 is 0 Å². The molecule has 130 valence electrons. The average molecular weight is 440 g/mol. The molecule has 1 amide bonds. The van der Waals surface area contributed by atoms with Crippen LogP contribution in [0.4, 0.5) is 5.69 Å². The molecule has 0 spiro atoms. The number of anilines is 1. The van der Waals surface area contributed by atoms with Gasteiger partial charge in [0.25, 0.3) is 5.91 Å². The summed E-state index contributed by atoms with van der Waals surface area (Å²) < 4.78 is 0.604. The quantitative estimate of drug-likeness (QED) is 0.579. The van der Waals surface area contributed by atoms with E-state index in [1.807, 2.05) is 18.3 Å². The minimum Gasteiger partial charge on any atom is -0.370 e. The molecular weight excluding hydrogens is 415 g/mol. The molecule has 2 atom stereocenters. The number of hydrogen-bond acceptors (Lipinski definition) is 4. The second-order valence-electron chi connectivity index (χ2n) is 7.39. The smallest absolute Gasteiger partial charge is 0.269 e. The predicted molar refractivity (Wildman–Crippen MR) is 104 cm³/mol. The maximum absolute atomic E-state index is 11.6. The lowest BCUT2D eigenvalue weighted by atomic mass is 9.99. The fourth-order valence-electron chi connectivity index (χ4n) is 4.28. The fraction of sp³-hybridized carbons (Fsp3) is 0.667. The highest BCUT2D eigenvalue weighted by molar-refractivity contribution is 14.1. The zero-order valence-electron chi connectivity index (χ0n) is 14.2. The van der Waals surface area contributed by atoms with Crippen LogP contribution in [-0.2, 0) is 0 Å². The van der Waals surface area contributed by atoms with Crippen LogP contribution >= 0.6 is 22.6 Å². The summed E-state index contributed by atoms with van der Waals surface area (Å²) in [5.74, 6) is 0.871. The molecule has 2 saturated heterocycles. The predicted octanol–water partition coefficient (Wildman–Crippen LogP) is 2.31. The topological polar surface area (TPSA) is 48.5 Å². The first-order chi connectivity index (χ1) is 11.6. The van der Waals surface area contributed by atoms with Crippen molar-refractivity contribution in [1.82, 2.24) is 15.2 Å². The molecule has 2 unspecified atom stereocenters. The van der Waals surface area contributed by atoms with Gasteiger partial charge in [-0.2, -0.15) is 0 Å². The normalized spacial score (nSPS) is 30.8. The Hall–Kier alpha value is -0.890. The van der Waals surface area contributed by atoms with E-state index in [2.05, 4.69) is 42.7 Å². The molecule has 4 rings (SSSR count). The van der Waals surface area contributed by atoms with Crippen molar-refractivity contribution < 1.29 is 4.79 Å². The minimum absolute atomic E-state index is 0.128. The maximum Gasteiger partial charge on any atom is 0.269 e. The number of hydrogen-bond donors (Lipinski definition) is 1. The summed E-state index contributed by atoms with van der Waals surface area (Å²) in [7, 11) is 1.63. The molecule has 5 nitrogen and oxygen atoms in total. The number of piperidine rings is 2. The van der Waals surface area contributed by atoms with Crippen molar-refractivity contribution >= 4 is 34.2 Å². The third-order valence-electron chi connectivity index (χ3n) is 5.94. The van der Waals surface area contributed by atoms with Crippen molar-refractivity contribution in [2.24, 2.45) is 5.92 Å². The van der Waals surface area contributed by atoms with Crippen LogP contribution in [0.15, 0.2) is 18.3 Å². The second-order valence-corrected chi connectivity index (χ2v) is 9.54. The summed E-state index contributed by atoms with van der Waals surface area (Å²) >= 11 is 2.71. The van der Waals surface area contributed by atoms with Gasteiger partial charge in [-0.3, -0.25) is 9.69 Å².